The molecule has 0 saturated heterocycles. The van der Waals surface area contributed by atoms with Crippen LogP contribution in [-0.2, 0) is 0 Å². The van der Waals surface area contributed by atoms with E-state index in [2.05, 4.69) is 5.32 Å². The van der Waals surface area contributed by atoms with Gasteiger partial charge in [0.25, 0.3) is 0 Å². The Kier molecular flexibility index (Phi) is 3.69. The van der Waals surface area contributed by atoms with Crippen molar-refractivity contribution >= 4 is 0 Å². The Morgan fingerprint density at radius 1 is 1.27 bits per heavy atom. The zero-order chi connectivity index (χ0) is 11.7. The summed E-state index contributed by atoms with van der Waals surface area (Å²) in [5, 5.41) is 2.66. The van der Waals surface area contributed by atoms with Crippen LogP contribution in [0.25, 0.3) is 0 Å². The van der Waals surface area contributed by atoms with Crippen molar-refractivity contribution in [2.75, 3.05) is 6.54 Å². The summed E-state index contributed by atoms with van der Waals surface area (Å²) >= 11 is 0. The van der Waals surface area contributed by atoms with Gasteiger partial charge in [-0.15, -0.1) is 0 Å². The molecule has 1 nitrogen and oxygen atoms in total. The fraction of sp³-hybridized carbons (Fsp3) is 1.00. The Morgan fingerprint density at radius 3 is 2.27 bits per heavy atom. The van der Waals surface area contributed by atoms with Crippen LogP contribution in [-0.4, -0.2) is 18.3 Å². The molecule has 0 aliphatic heterocycles. The minimum atomic E-state index is -4.13. The molecule has 1 fully saturated rings. The van der Waals surface area contributed by atoms with Crippen LogP contribution in [0.1, 0.15) is 40.0 Å². The van der Waals surface area contributed by atoms with Crippen molar-refractivity contribution in [3.05, 3.63) is 0 Å². The highest BCUT2D eigenvalue weighted by Gasteiger charge is 2.56. The number of alkyl halides is 3. The first-order valence-corrected chi connectivity index (χ1v) is 5.64. The van der Waals surface area contributed by atoms with Crippen LogP contribution in [0, 0.1) is 11.8 Å². The average molecular weight is 223 g/mol. The van der Waals surface area contributed by atoms with Gasteiger partial charge in [-0.3, -0.25) is 0 Å². The van der Waals surface area contributed by atoms with Crippen LogP contribution in [0.15, 0.2) is 0 Å². The molecule has 0 aromatic carbocycles. The lowest BCUT2D eigenvalue weighted by Gasteiger charge is -2.44. The van der Waals surface area contributed by atoms with Crippen LogP contribution in [0.2, 0.25) is 0 Å². The summed E-state index contributed by atoms with van der Waals surface area (Å²) in [4.78, 5) is 0. The van der Waals surface area contributed by atoms with Crippen LogP contribution < -0.4 is 5.32 Å². The predicted octanol–water partition coefficient (Wildman–Crippen LogP) is 3.35. The third-order valence-corrected chi connectivity index (χ3v) is 3.73. The largest absolute Gasteiger partial charge is 0.406 e. The van der Waals surface area contributed by atoms with E-state index in [9.17, 15) is 13.2 Å². The Labute approximate surface area is 89.4 Å². The number of nitrogens with one attached hydrogen (secondary N) is 1. The van der Waals surface area contributed by atoms with E-state index >= 15 is 0 Å². The SMILES string of the molecule is CCNC1(C(F)(F)F)CCC(C)C(C)C1. The van der Waals surface area contributed by atoms with E-state index in [4.69, 9.17) is 0 Å². The summed E-state index contributed by atoms with van der Waals surface area (Å²) in [5.41, 5.74) is -1.63. The maximum Gasteiger partial charge on any atom is 0.406 e. The third kappa shape index (κ3) is 2.47. The topological polar surface area (TPSA) is 12.0 Å². The van der Waals surface area contributed by atoms with Crippen molar-refractivity contribution in [3.63, 3.8) is 0 Å². The van der Waals surface area contributed by atoms with Gasteiger partial charge in [-0.05, 0) is 37.6 Å². The first kappa shape index (κ1) is 12.8. The number of hydrogen-bond donors (Lipinski definition) is 1. The van der Waals surface area contributed by atoms with Gasteiger partial charge in [-0.25, -0.2) is 0 Å². The maximum atomic E-state index is 13.0. The summed E-state index contributed by atoms with van der Waals surface area (Å²) in [5.74, 6) is 0.540. The molecule has 0 spiro atoms. The zero-order valence-corrected chi connectivity index (χ0v) is 9.62. The normalized spacial score (nSPS) is 38.0. The minimum Gasteiger partial charge on any atom is -0.304 e. The molecule has 0 aromatic rings. The highest BCUT2D eigenvalue weighted by molar-refractivity contribution is 4.99. The lowest BCUT2D eigenvalue weighted by atomic mass is 9.71. The molecule has 1 saturated carbocycles. The molecule has 0 bridgehead atoms. The molecule has 0 heterocycles. The molecule has 0 amide bonds. The van der Waals surface area contributed by atoms with E-state index < -0.39 is 11.7 Å². The van der Waals surface area contributed by atoms with Crippen LogP contribution in [0.3, 0.4) is 0 Å². The van der Waals surface area contributed by atoms with Gasteiger partial charge < -0.3 is 5.32 Å². The Morgan fingerprint density at radius 2 is 1.87 bits per heavy atom. The summed E-state index contributed by atoms with van der Waals surface area (Å²) in [7, 11) is 0. The Balaban J connectivity index is 2.84. The Hall–Kier alpha value is -0.250. The van der Waals surface area contributed by atoms with Crippen molar-refractivity contribution in [2.45, 2.75) is 51.7 Å². The van der Waals surface area contributed by atoms with Gasteiger partial charge in [0.1, 0.15) is 5.54 Å². The lowest BCUT2D eigenvalue weighted by Crippen LogP contribution is -2.59. The molecule has 3 atom stereocenters. The fourth-order valence-corrected chi connectivity index (χ4v) is 2.47. The van der Waals surface area contributed by atoms with E-state index in [1.807, 2.05) is 13.8 Å². The highest BCUT2D eigenvalue weighted by Crippen LogP contribution is 2.45. The molecule has 1 N–H and O–H groups in total. The van der Waals surface area contributed by atoms with Gasteiger partial charge >= 0.3 is 6.18 Å². The van der Waals surface area contributed by atoms with E-state index in [0.29, 0.717) is 18.9 Å². The van der Waals surface area contributed by atoms with Gasteiger partial charge in [0.05, 0.1) is 0 Å². The lowest BCUT2D eigenvalue weighted by molar-refractivity contribution is -0.211. The second-order valence-corrected chi connectivity index (χ2v) is 4.81. The summed E-state index contributed by atoms with van der Waals surface area (Å²) < 4.78 is 39.1. The smallest absolute Gasteiger partial charge is 0.304 e. The van der Waals surface area contributed by atoms with E-state index in [0.717, 1.165) is 0 Å². The first-order valence-electron chi connectivity index (χ1n) is 5.64. The second kappa shape index (κ2) is 4.32. The fourth-order valence-electron chi connectivity index (χ4n) is 2.47. The molecule has 1 aliphatic rings. The van der Waals surface area contributed by atoms with Gasteiger partial charge in [0.2, 0.25) is 0 Å². The highest BCUT2D eigenvalue weighted by atomic mass is 19.4. The molecular weight excluding hydrogens is 203 g/mol. The molecule has 0 aromatic heterocycles. The second-order valence-electron chi connectivity index (χ2n) is 4.81. The maximum absolute atomic E-state index is 13.0. The van der Waals surface area contributed by atoms with E-state index in [1.54, 1.807) is 6.92 Å². The molecule has 15 heavy (non-hydrogen) atoms. The van der Waals surface area contributed by atoms with Crippen molar-refractivity contribution in [1.82, 2.24) is 5.32 Å². The monoisotopic (exact) mass is 223 g/mol. The summed E-state index contributed by atoms with van der Waals surface area (Å²) in [6.07, 6.45) is -3.04. The number of halogens is 3. The summed E-state index contributed by atoms with van der Waals surface area (Å²) in [6, 6.07) is 0. The van der Waals surface area contributed by atoms with Crippen molar-refractivity contribution < 1.29 is 13.2 Å². The molecule has 3 unspecified atom stereocenters. The van der Waals surface area contributed by atoms with Crippen molar-refractivity contribution in [3.8, 4) is 0 Å². The molecule has 4 heteroatoms. The zero-order valence-electron chi connectivity index (χ0n) is 9.62. The van der Waals surface area contributed by atoms with Gasteiger partial charge in [0, 0.05) is 0 Å². The minimum absolute atomic E-state index is 0.138. The van der Waals surface area contributed by atoms with Gasteiger partial charge in [-0.2, -0.15) is 13.2 Å². The van der Waals surface area contributed by atoms with Crippen LogP contribution in [0.4, 0.5) is 13.2 Å². The summed E-state index contributed by atoms with van der Waals surface area (Å²) in [6.45, 7) is 6.06. The molecular formula is C11H20F3N. The van der Waals surface area contributed by atoms with Crippen molar-refractivity contribution in [1.29, 1.82) is 0 Å². The number of hydrogen-bond acceptors (Lipinski definition) is 1. The average Bonchev–Trinajstić information content (AvgIpc) is 2.10. The van der Waals surface area contributed by atoms with Crippen molar-refractivity contribution in [2.24, 2.45) is 11.8 Å². The molecule has 0 radical (unpaired) electrons. The molecule has 90 valence electrons. The predicted molar refractivity (Wildman–Crippen MR) is 54.6 cm³/mol. The van der Waals surface area contributed by atoms with Crippen LogP contribution >= 0.6 is 0 Å². The van der Waals surface area contributed by atoms with E-state index in [-0.39, 0.29) is 18.8 Å². The molecule has 1 aliphatic carbocycles. The first-order chi connectivity index (χ1) is 6.82. The standard InChI is InChI=1S/C11H20F3N/c1-4-15-10(11(12,13)14)6-5-8(2)9(3)7-10/h8-9,15H,4-7H2,1-3H3. The third-order valence-electron chi connectivity index (χ3n) is 3.73. The number of rotatable bonds is 2. The quantitative estimate of drug-likeness (QED) is 0.757. The van der Waals surface area contributed by atoms with Crippen LogP contribution in [0.5, 0.6) is 0 Å². The van der Waals surface area contributed by atoms with Gasteiger partial charge in [0.15, 0.2) is 0 Å². The van der Waals surface area contributed by atoms with Gasteiger partial charge in [-0.1, -0.05) is 20.8 Å². The Bertz CT molecular complexity index is 214. The van der Waals surface area contributed by atoms with E-state index in [1.165, 1.54) is 0 Å². The molecule has 1 rings (SSSR count).